The maximum absolute atomic E-state index is 5.79. The second-order valence-electron chi connectivity index (χ2n) is 5.03. The normalized spacial score (nSPS) is 23.6. The fraction of sp³-hybridized carbons (Fsp3) is 0.571. The summed E-state index contributed by atoms with van der Waals surface area (Å²) < 4.78 is 11.7. The highest BCUT2D eigenvalue weighted by atomic mass is 79.9. The number of nitrogens with zero attached hydrogens (tertiary/aromatic N) is 1. The van der Waals surface area contributed by atoms with E-state index in [-0.39, 0.29) is 0 Å². The summed E-state index contributed by atoms with van der Waals surface area (Å²) in [6, 6.07) is 4.56. The largest absolute Gasteiger partial charge is 0.493 e. The lowest BCUT2D eigenvalue weighted by Gasteiger charge is -2.21. The molecule has 2 unspecified atom stereocenters. The third kappa shape index (κ3) is 2.88. The van der Waals surface area contributed by atoms with Crippen LogP contribution in [0, 0.1) is 5.92 Å². The number of rotatable bonds is 4. The van der Waals surface area contributed by atoms with Gasteiger partial charge in [0, 0.05) is 12.6 Å². The Morgan fingerprint density at radius 3 is 2.63 bits per heavy atom. The van der Waals surface area contributed by atoms with Crippen LogP contribution in [0.2, 0.25) is 0 Å². The maximum atomic E-state index is 5.79. The van der Waals surface area contributed by atoms with Gasteiger partial charge in [-0.25, -0.2) is 0 Å². The average molecular weight is 329 g/mol. The zero-order chi connectivity index (χ0) is 14.0. The van der Waals surface area contributed by atoms with E-state index >= 15 is 0 Å². The van der Waals surface area contributed by atoms with E-state index in [2.05, 4.69) is 40.0 Å². The molecule has 2 rings (SSSR count). The van der Waals surface area contributed by atoms with Crippen molar-refractivity contribution in [3.63, 3.8) is 0 Å². The molecule has 0 amide bonds. The van der Waals surface area contributed by atoms with Gasteiger partial charge in [-0.2, -0.15) is 0 Å². The van der Waals surface area contributed by atoms with E-state index in [1.165, 1.54) is 5.56 Å². The SMILES string of the molecule is COc1cc(C2CC(CN)CN2C)cc(Br)c1OC. The molecule has 0 aromatic heterocycles. The third-order valence-electron chi connectivity index (χ3n) is 3.81. The molecule has 5 heteroatoms. The maximum Gasteiger partial charge on any atom is 0.174 e. The predicted octanol–water partition coefficient (Wildman–Crippen LogP) is 2.42. The van der Waals surface area contributed by atoms with Gasteiger partial charge in [0.25, 0.3) is 0 Å². The van der Waals surface area contributed by atoms with Gasteiger partial charge in [-0.15, -0.1) is 0 Å². The molecule has 1 aromatic carbocycles. The standard InChI is InChI=1S/C14H21BrN2O2/c1-17-8-9(7-16)4-12(17)10-5-11(15)14(19-3)13(6-10)18-2/h5-6,9,12H,4,7-8,16H2,1-3H3. The number of nitrogens with two attached hydrogens (primary N) is 1. The first-order chi connectivity index (χ1) is 9.10. The monoisotopic (exact) mass is 328 g/mol. The Labute approximate surface area is 123 Å². The van der Waals surface area contributed by atoms with Crippen molar-refractivity contribution in [3.8, 4) is 11.5 Å². The van der Waals surface area contributed by atoms with Crippen molar-refractivity contribution in [1.29, 1.82) is 0 Å². The number of halogens is 1. The summed E-state index contributed by atoms with van der Waals surface area (Å²) in [6.07, 6.45) is 1.09. The van der Waals surface area contributed by atoms with Crippen LogP contribution in [-0.4, -0.2) is 39.3 Å². The molecule has 0 bridgehead atoms. The number of hydrogen-bond acceptors (Lipinski definition) is 4. The first-order valence-corrected chi connectivity index (χ1v) is 7.21. The quantitative estimate of drug-likeness (QED) is 0.922. The Hall–Kier alpha value is -0.780. The first-order valence-electron chi connectivity index (χ1n) is 6.42. The van der Waals surface area contributed by atoms with Gasteiger partial charge in [-0.3, -0.25) is 4.90 Å². The number of hydrogen-bond donors (Lipinski definition) is 1. The van der Waals surface area contributed by atoms with Crippen LogP contribution in [-0.2, 0) is 0 Å². The minimum Gasteiger partial charge on any atom is -0.493 e. The minimum atomic E-state index is 0.393. The Balaban J connectivity index is 2.33. The van der Waals surface area contributed by atoms with E-state index < -0.39 is 0 Å². The lowest BCUT2D eigenvalue weighted by Crippen LogP contribution is -2.20. The summed E-state index contributed by atoms with van der Waals surface area (Å²) in [7, 11) is 5.45. The molecule has 19 heavy (non-hydrogen) atoms. The van der Waals surface area contributed by atoms with Crippen molar-refractivity contribution >= 4 is 15.9 Å². The lowest BCUT2D eigenvalue weighted by molar-refractivity contribution is 0.310. The molecule has 1 fully saturated rings. The van der Waals surface area contributed by atoms with Crippen molar-refractivity contribution in [2.24, 2.45) is 11.7 Å². The molecule has 0 saturated carbocycles. The summed E-state index contributed by atoms with van der Waals surface area (Å²) in [5.41, 5.74) is 7.03. The van der Waals surface area contributed by atoms with Crippen molar-refractivity contribution < 1.29 is 9.47 Å². The molecule has 0 aliphatic carbocycles. The lowest BCUT2D eigenvalue weighted by atomic mass is 9.99. The van der Waals surface area contributed by atoms with Gasteiger partial charge in [0.1, 0.15) is 0 Å². The van der Waals surface area contributed by atoms with E-state index in [0.29, 0.717) is 12.0 Å². The van der Waals surface area contributed by atoms with E-state index in [1.807, 2.05) is 0 Å². The van der Waals surface area contributed by atoms with Crippen LogP contribution < -0.4 is 15.2 Å². The average Bonchev–Trinajstić information content (AvgIpc) is 2.79. The van der Waals surface area contributed by atoms with Gasteiger partial charge in [0.15, 0.2) is 11.5 Å². The predicted molar refractivity (Wildman–Crippen MR) is 79.8 cm³/mol. The molecule has 4 nitrogen and oxygen atoms in total. The van der Waals surface area contributed by atoms with Gasteiger partial charge >= 0.3 is 0 Å². The van der Waals surface area contributed by atoms with Crippen LogP contribution >= 0.6 is 15.9 Å². The Morgan fingerprint density at radius 2 is 2.11 bits per heavy atom. The molecule has 1 aromatic rings. The smallest absolute Gasteiger partial charge is 0.174 e. The molecule has 1 aliphatic rings. The van der Waals surface area contributed by atoms with Gasteiger partial charge in [0.2, 0.25) is 0 Å². The van der Waals surface area contributed by atoms with E-state index in [4.69, 9.17) is 15.2 Å². The summed E-state index contributed by atoms with van der Waals surface area (Å²) >= 11 is 3.55. The molecule has 106 valence electrons. The Morgan fingerprint density at radius 1 is 1.37 bits per heavy atom. The molecular weight excluding hydrogens is 308 g/mol. The van der Waals surface area contributed by atoms with Crippen LogP contribution in [0.3, 0.4) is 0 Å². The van der Waals surface area contributed by atoms with Gasteiger partial charge in [-0.1, -0.05) is 0 Å². The van der Waals surface area contributed by atoms with E-state index in [9.17, 15) is 0 Å². The van der Waals surface area contributed by atoms with Gasteiger partial charge in [0.05, 0.1) is 18.7 Å². The third-order valence-corrected chi connectivity index (χ3v) is 4.40. The summed E-state index contributed by atoms with van der Waals surface area (Å²) in [6.45, 7) is 1.79. The number of ether oxygens (including phenoxy) is 2. The molecule has 2 N–H and O–H groups in total. The zero-order valence-electron chi connectivity index (χ0n) is 11.6. The summed E-state index contributed by atoms with van der Waals surface area (Å²) in [5.74, 6) is 2.07. The molecule has 1 saturated heterocycles. The topological polar surface area (TPSA) is 47.7 Å². The van der Waals surface area contributed by atoms with Gasteiger partial charge in [-0.05, 0) is 59.6 Å². The second kappa shape index (κ2) is 6.11. The van der Waals surface area contributed by atoms with Crippen molar-refractivity contribution in [3.05, 3.63) is 22.2 Å². The summed E-state index contributed by atoms with van der Waals surface area (Å²) in [4.78, 5) is 2.35. The molecular formula is C14H21BrN2O2. The van der Waals surface area contributed by atoms with Crippen molar-refractivity contribution in [1.82, 2.24) is 4.90 Å². The number of benzene rings is 1. The second-order valence-corrected chi connectivity index (χ2v) is 5.89. The van der Waals surface area contributed by atoms with Crippen LogP contribution in [0.4, 0.5) is 0 Å². The molecule has 1 heterocycles. The summed E-state index contributed by atoms with van der Waals surface area (Å²) in [5, 5.41) is 0. The molecule has 0 spiro atoms. The Kier molecular flexibility index (Phi) is 4.71. The fourth-order valence-corrected chi connectivity index (χ4v) is 3.42. The zero-order valence-corrected chi connectivity index (χ0v) is 13.2. The highest BCUT2D eigenvalue weighted by Gasteiger charge is 2.30. The highest BCUT2D eigenvalue weighted by molar-refractivity contribution is 9.10. The van der Waals surface area contributed by atoms with E-state index in [0.717, 1.165) is 35.5 Å². The van der Waals surface area contributed by atoms with Crippen molar-refractivity contribution in [2.45, 2.75) is 12.5 Å². The number of methoxy groups -OCH3 is 2. The van der Waals surface area contributed by atoms with Crippen molar-refractivity contribution in [2.75, 3.05) is 34.4 Å². The van der Waals surface area contributed by atoms with Crippen LogP contribution in [0.5, 0.6) is 11.5 Å². The van der Waals surface area contributed by atoms with Crippen LogP contribution in [0.25, 0.3) is 0 Å². The highest BCUT2D eigenvalue weighted by Crippen LogP contribution is 2.41. The van der Waals surface area contributed by atoms with Gasteiger partial charge < -0.3 is 15.2 Å². The minimum absolute atomic E-state index is 0.393. The molecule has 2 atom stereocenters. The number of likely N-dealkylation sites (tertiary alicyclic amines) is 1. The molecule has 1 aliphatic heterocycles. The Bertz CT molecular complexity index is 453. The van der Waals surface area contributed by atoms with Crippen LogP contribution in [0.1, 0.15) is 18.0 Å². The molecule has 0 radical (unpaired) electrons. The van der Waals surface area contributed by atoms with E-state index in [1.54, 1.807) is 14.2 Å². The van der Waals surface area contributed by atoms with Crippen LogP contribution in [0.15, 0.2) is 16.6 Å². The fourth-order valence-electron chi connectivity index (χ4n) is 2.80. The first kappa shape index (κ1) is 14.6.